The fourth-order valence-corrected chi connectivity index (χ4v) is 5.80. The van der Waals surface area contributed by atoms with Crippen molar-refractivity contribution in [3.05, 3.63) is 95.5 Å². The molecule has 4 nitrogen and oxygen atoms in total. The van der Waals surface area contributed by atoms with Crippen LogP contribution in [0.4, 0.5) is 14.5 Å². The summed E-state index contributed by atoms with van der Waals surface area (Å²) in [4.78, 5) is 17.2. The number of amidine groups is 1. The van der Waals surface area contributed by atoms with E-state index in [9.17, 15) is 13.6 Å². The summed E-state index contributed by atoms with van der Waals surface area (Å²) in [6.07, 6.45) is 1.78. The minimum Gasteiger partial charge on any atom is -0.487 e. The summed E-state index contributed by atoms with van der Waals surface area (Å²) in [6.45, 7) is 0.126. The lowest BCUT2D eigenvalue weighted by Crippen LogP contribution is -2.19. The van der Waals surface area contributed by atoms with E-state index >= 15 is 0 Å². The van der Waals surface area contributed by atoms with E-state index in [2.05, 4.69) is 55.5 Å². The number of hydrogen-bond donors (Lipinski definition) is 1. The van der Waals surface area contributed by atoms with E-state index in [-0.39, 0.29) is 24.1 Å². The number of nitrogens with one attached hydrogen (secondary N) is 1. The Bertz CT molecular complexity index is 1220. The zero-order valence-corrected chi connectivity index (χ0v) is 21.4. The van der Waals surface area contributed by atoms with Crippen LogP contribution < -0.4 is 10.1 Å². The Morgan fingerprint density at radius 2 is 1.72 bits per heavy atom. The van der Waals surface area contributed by atoms with Crippen LogP contribution in [0, 0.1) is 18.8 Å². The molecular formula is C23H14F2I2N2O2S. The summed E-state index contributed by atoms with van der Waals surface area (Å²) in [5, 5.41) is 3.15. The van der Waals surface area contributed by atoms with Crippen molar-refractivity contribution in [2.75, 3.05) is 0 Å². The highest BCUT2D eigenvalue weighted by Crippen LogP contribution is 2.33. The Kier molecular flexibility index (Phi) is 7.46. The maximum absolute atomic E-state index is 13.9. The summed E-state index contributed by atoms with van der Waals surface area (Å²) in [5.74, 6) is -0.233. The highest BCUT2D eigenvalue weighted by Gasteiger charge is 2.24. The first-order chi connectivity index (χ1) is 15.4. The lowest BCUT2D eigenvalue weighted by molar-refractivity contribution is -0.115. The highest BCUT2D eigenvalue weighted by atomic mass is 127. The van der Waals surface area contributed by atoms with Crippen LogP contribution in [0.5, 0.6) is 5.75 Å². The van der Waals surface area contributed by atoms with Gasteiger partial charge in [0.1, 0.15) is 24.0 Å². The first kappa shape index (κ1) is 23.2. The topological polar surface area (TPSA) is 50.7 Å². The van der Waals surface area contributed by atoms with Crippen LogP contribution in [0.15, 0.2) is 70.6 Å². The molecule has 1 aliphatic heterocycles. The number of carbonyl (C=O) groups is 1. The lowest BCUT2D eigenvalue weighted by atomic mass is 10.2. The van der Waals surface area contributed by atoms with Gasteiger partial charge in [-0.05, 0) is 111 Å². The second kappa shape index (κ2) is 10.3. The third kappa shape index (κ3) is 5.67. The van der Waals surface area contributed by atoms with Crippen LogP contribution >= 0.6 is 56.9 Å². The number of aliphatic imine (C=N–C) groups is 1. The molecule has 0 radical (unpaired) electrons. The van der Waals surface area contributed by atoms with Crippen molar-refractivity contribution in [2.24, 2.45) is 4.99 Å². The summed E-state index contributed by atoms with van der Waals surface area (Å²) in [6, 6.07) is 16.0. The van der Waals surface area contributed by atoms with Crippen molar-refractivity contribution in [1.29, 1.82) is 0 Å². The van der Waals surface area contributed by atoms with E-state index in [1.54, 1.807) is 36.4 Å². The van der Waals surface area contributed by atoms with Gasteiger partial charge in [-0.3, -0.25) is 4.79 Å². The van der Waals surface area contributed by atoms with Gasteiger partial charge in [-0.15, -0.1) is 0 Å². The highest BCUT2D eigenvalue weighted by molar-refractivity contribution is 14.1. The van der Waals surface area contributed by atoms with E-state index in [4.69, 9.17) is 4.74 Å². The summed E-state index contributed by atoms with van der Waals surface area (Å²) >= 11 is 5.54. The van der Waals surface area contributed by atoms with E-state index < -0.39 is 0 Å². The van der Waals surface area contributed by atoms with Gasteiger partial charge >= 0.3 is 0 Å². The van der Waals surface area contributed by atoms with Crippen molar-refractivity contribution in [3.63, 3.8) is 0 Å². The molecular weight excluding hydrogens is 660 g/mol. The normalized spacial score (nSPS) is 15.9. The fraction of sp³-hybridized carbons (Fsp3) is 0.0435. The molecule has 0 spiro atoms. The van der Waals surface area contributed by atoms with Gasteiger partial charge in [0, 0.05) is 5.56 Å². The molecule has 1 aliphatic rings. The van der Waals surface area contributed by atoms with E-state index in [0.717, 1.165) is 12.7 Å². The van der Waals surface area contributed by atoms with E-state index in [0.29, 0.717) is 27.1 Å². The summed E-state index contributed by atoms with van der Waals surface area (Å²) in [5.41, 5.74) is 1.87. The van der Waals surface area contributed by atoms with Crippen molar-refractivity contribution in [2.45, 2.75) is 6.61 Å². The molecule has 3 aromatic carbocycles. The number of carbonyl (C=O) groups excluding carboxylic acids is 1. The van der Waals surface area contributed by atoms with Gasteiger partial charge < -0.3 is 10.1 Å². The van der Waals surface area contributed by atoms with Crippen molar-refractivity contribution < 1.29 is 18.3 Å². The molecule has 1 saturated heterocycles. The maximum Gasteiger partial charge on any atom is 0.264 e. The number of thioether (sulfide) groups is 1. The SMILES string of the molecule is O=C1NC(=Nc2ccc(F)cc2)S/C1=C/c1cc(I)c(OCc2ccccc2F)c(I)c1. The molecule has 0 unspecified atom stereocenters. The number of ether oxygens (including phenoxy) is 1. The van der Waals surface area contributed by atoms with Crippen LogP contribution in [-0.4, -0.2) is 11.1 Å². The minimum absolute atomic E-state index is 0.126. The number of halogens is 4. The molecule has 1 fully saturated rings. The second-order valence-electron chi connectivity index (χ2n) is 6.65. The Hall–Kier alpha value is -1.99. The van der Waals surface area contributed by atoms with Crippen molar-refractivity contribution in [1.82, 2.24) is 5.32 Å². The molecule has 4 rings (SSSR count). The Morgan fingerprint density at radius 3 is 2.41 bits per heavy atom. The molecule has 0 saturated carbocycles. The molecule has 9 heteroatoms. The molecule has 1 N–H and O–H groups in total. The zero-order valence-electron chi connectivity index (χ0n) is 16.2. The largest absolute Gasteiger partial charge is 0.487 e. The molecule has 32 heavy (non-hydrogen) atoms. The number of rotatable bonds is 5. The molecule has 3 aromatic rings. The zero-order chi connectivity index (χ0) is 22.7. The minimum atomic E-state index is -0.344. The molecule has 0 aromatic heterocycles. The second-order valence-corrected chi connectivity index (χ2v) is 10.0. The van der Waals surface area contributed by atoms with Crippen LogP contribution in [0.3, 0.4) is 0 Å². The summed E-state index contributed by atoms with van der Waals surface area (Å²) in [7, 11) is 0. The van der Waals surface area contributed by atoms with Gasteiger partial charge in [0.25, 0.3) is 5.91 Å². The number of amides is 1. The number of hydrogen-bond acceptors (Lipinski definition) is 4. The molecule has 1 amide bonds. The Morgan fingerprint density at radius 1 is 1.03 bits per heavy atom. The van der Waals surface area contributed by atoms with Gasteiger partial charge in [0.15, 0.2) is 5.17 Å². The molecule has 1 heterocycles. The third-order valence-electron chi connectivity index (χ3n) is 4.36. The first-order valence-electron chi connectivity index (χ1n) is 9.29. The third-order valence-corrected chi connectivity index (χ3v) is 6.87. The first-order valence-corrected chi connectivity index (χ1v) is 12.3. The Balaban J connectivity index is 1.51. The van der Waals surface area contributed by atoms with Crippen molar-refractivity contribution >= 4 is 79.8 Å². The van der Waals surface area contributed by atoms with Gasteiger partial charge in [0.05, 0.1) is 17.7 Å². The predicted molar refractivity (Wildman–Crippen MR) is 140 cm³/mol. The predicted octanol–water partition coefficient (Wildman–Crippen LogP) is 6.64. The number of nitrogens with zero attached hydrogens (tertiary/aromatic N) is 1. The van der Waals surface area contributed by atoms with Gasteiger partial charge in [-0.1, -0.05) is 18.2 Å². The number of benzene rings is 3. The lowest BCUT2D eigenvalue weighted by Gasteiger charge is -2.12. The standard InChI is InChI=1S/C23H14F2I2N2O2S/c24-15-5-7-16(8-6-15)28-23-29-22(30)20(32-23)11-13-9-18(26)21(19(27)10-13)31-12-14-3-1-2-4-17(14)25/h1-11H,12H2,(H,28,29,30)/b20-11+. The van der Waals surface area contributed by atoms with Gasteiger partial charge in [0.2, 0.25) is 0 Å². The van der Waals surface area contributed by atoms with Crippen LogP contribution in [0.2, 0.25) is 0 Å². The average molecular weight is 674 g/mol. The van der Waals surface area contributed by atoms with Crippen LogP contribution in [0.25, 0.3) is 6.08 Å². The van der Waals surface area contributed by atoms with Crippen molar-refractivity contribution in [3.8, 4) is 5.75 Å². The maximum atomic E-state index is 13.9. The molecule has 0 aliphatic carbocycles. The molecule has 0 bridgehead atoms. The van der Waals surface area contributed by atoms with Gasteiger partial charge in [-0.2, -0.15) is 0 Å². The molecule has 162 valence electrons. The van der Waals surface area contributed by atoms with Gasteiger partial charge in [-0.25, -0.2) is 13.8 Å². The van der Waals surface area contributed by atoms with Crippen LogP contribution in [-0.2, 0) is 11.4 Å². The van der Waals surface area contributed by atoms with Crippen LogP contribution in [0.1, 0.15) is 11.1 Å². The Labute approximate surface area is 214 Å². The molecule has 0 atom stereocenters. The quantitative estimate of drug-likeness (QED) is 0.244. The monoisotopic (exact) mass is 674 g/mol. The fourth-order valence-electron chi connectivity index (χ4n) is 2.83. The van der Waals surface area contributed by atoms with E-state index in [1.165, 1.54) is 30.0 Å². The summed E-state index contributed by atoms with van der Waals surface area (Å²) < 4.78 is 34.5. The van der Waals surface area contributed by atoms with E-state index in [1.807, 2.05) is 12.1 Å². The smallest absolute Gasteiger partial charge is 0.264 e. The average Bonchev–Trinajstić information content (AvgIpc) is 3.09.